The largest absolute Gasteiger partial charge is 0.458 e. The highest BCUT2D eigenvalue weighted by Gasteiger charge is 2.32. The molecule has 0 saturated carbocycles. The maximum atomic E-state index is 13.5. The van der Waals surface area contributed by atoms with E-state index in [1.54, 1.807) is 51.4 Å². The summed E-state index contributed by atoms with van der Waals surface area (Å²) in [4.78, 5) is 104. The quantitative estimate of drug-likeness (QED) is 0.0585. The van der Waals surface area contributed by atoms with Crippen molar-refractivity contribution in [3.05, 3.63) is 72.1 Å². The summed E-state index contributed by atoms with van der Waals surface area (Å²) in [6.07, 6.45) is 10.3. The average molecular weight is 1150 g/mol. The molecule has 4 aromatic rings. The molecule has 22 heteroatoms. The number of unbranched alkanes of at least 4 members (excludes halogenated alkanes) is 1. The maximum absolute atomic E-state index is 13.5. The molecule has 0 aliphatic carbocycles. The molecule has 0 unspecified atom stereocenters. The zero-order valence-corrected chi connectivity index (χ0v) is 50.7. The lowest BCUT2D eigenvalue weighted by Crippen LogP contribution is -2.39. The Hall–Kier alpha value is -7.78. The van der Waals surface area contributed by atoms with Gasteiger partial charge in [0.25, 0.3) is 0 Å². The number of carbonyl (C=O) groups excluding carboxylic acids is 6. The van der Waals surface area contributed by atoms with Gasteiger partial charge in [-0.1, -0.05) is 37.6 Å². The Kier molecular flexibility index (Phi) is 23.7. The number of carbonyl (C=O) groups is 6. The SMILES string of the molecule is CCCCC(=O)Nc1cnc(N(CC)CC)nc1N[C@@H](Cc1ccc(OC(=O)N2CCCC2)cc1)C(=O)OC(C)(C)C.CCN(CC)c1ncc(N2CCCC2=O)c(N[C@@H](Cc2ccc(OC(=O)N3CCCC3)cc2)C(=O)OC(C)(C)C)n1. The van der Waals surface area contributed by atoms with E-state index < -0.39 is 35.2 Å². The van der Waals surface area contributed by atoms with Crippen molar-refractivity contribution in [2.45, 2.75) is 170 Å². The fourth-order valence-corrected chi connectivity index (χ4v) is 9.47. The zero-order chi connectivity index (χ0) is 60.3. The minimum absolute atomic E-state index is 0.000114. The Morgan fingerprint density at radius 2 is 1.02 bits per heavy atom. The van der Waals surface area contributed by atoms with Gasteiger partial charge in [0.15, 0.2) is 11.6 Å². The van der Waals surface area contributed by atoms with Crippen molar-refractivity contribution in [3.8, 4) is 11.5 Å². The molecule has 2 aromatic carbocycles. The zero-order valence-electron chi connectivity index (χ0n) is 50.7. The molecule has 83 heavy (non-hydrogen) atoms. The van der Waals surface area contributed by atoms with Gasteiger partial charge in [-0.05, 0) is 143 Å². The van der Waals surface area contributed by atoms with Crippen LogP contribution in [-0.2, 0) is 41.5 Å². The van der Waals surface area contributed by atoms with E-state index >= 15 is 0 Å². The molecule has 3 aliphatic heterocycles. The van der Waals surface area contributed by atoms with Crippen molar-refractivity contribution in [2.75, 3.05) is 89.6 Å². The maximum Gasteiger partial charge on any atom is 0.415 e. The minimum Gasteiger partial charge on any atom is -0.458 e. The standard InChI is InChI=1S/C31H46N6O5.C30H42N6O5/c1-7-10-13-26(38)33-25-21-32-29(36(8-2)9-3)35-27(25)34-24(28(39)42-31(4,5)6)20-22-14-16-23(17-15-22)41-30(40)37-18-11-12-19-37;1-6-34(7-2)28-31-20-24(36-18-10-11-25(36)37)26(33-28)32-23(27(38)41-30(3,4)5)19-21-12-14-22(15-13-21)40-29(39)35-16-8-9-17-35/h14-17,21,24H,7-13,18-20H2,1-6H3,(H,33,38)(H,32,34,35);12-15,20,23H,6-11,16-19H2,1-5H3,(H,31,32,33)/t24-;23-/m00/s1. The average Bonchev–Trinajstić information content (AvgIpc) is 4.50. The van der Waals surface area contributed by atoms with Crippen LogP contribution in [0.1, 0.15) is 145 Å². The van der Waals surface area contributed by atoms with E-state index in [0.29, 0.717) is 118 Å². The Morgan fingerprint density at radius 3 is 1.43 bits per heavy atom. The number of hydrogen-bond acceptors (Lipinski definition) is 18. The lowest BCUT2D eigenvalue weighted by atomic mass is 10.0. The molecule has 0 spiro atoms. The molecule has 0 radical (unpaired) electrons. The van der Waals surface area contributed by atoms with E-state index in [2.05, 4.69) is 25.9 Å². The van der Waals surface area contributed by atoms with Crippen molar-refractivity contribution < 1.29 is 47.7 Å². The first-order valence-electron chi connectivity index (χ1n) is 29.5. The Bertz CT molecular complexity index is 2780. The molecular weight excluding hydrogens is 1060 g/mol. The third-order valence-corrected chi connectivity index (χ3v) is 13.9. The van der Waals surface area contributed by atoms with Gasteiger partial charge in [-0.3, -0.25) is 9.59 Å². The van der Waals surface area contributed by atoms with Crippen LogP contribution in [0.5, 0.6) is 11.5 Å². The van der Waals surface area contributed by atoms with Crippen LogP contribution in [0, 0.1) is 0 Å². The van der Waals surface area contributed by atoms with Crippen LogP contribution in [0.3, 0.4) is 0 Å². The molecule has 22 nitrogen and oxygen atoms in total. The van der Waals surface area contributed by atoms with E-state index in [0.717, 1.165) is 56.1 Å². The van der Waals surface area contributed by atoms with Crippen LogP contribution in [-0.4, -0.2) is 148 Å². The second kappa shape index (κ2) is 30.5. The predicted octanol–water partition coefficient (Wildman–Crippen LogP) is 9.82. The number of esters is 2. The van der Waals surface area contributed by atoms with Crippen molar-refractivity contribution in [3.63, 3.8) is 0 Å². The second-order valence-corrected chi connectivity index (χ2v) is 22.8. The molecule has 7 rings (SSSR count). The lowest BCUT2D eigenvalue weighted by Gasteiger charge is -2.28. The molecule has 2 aromatic heterocycles. The molecule has 452 valence electrons. The van der Waals surface area contributed by atoms with Crippen molar-refractivity contribution in [2.24, 2.45) is 0 Å². The van der Waals surface area contributed by atoms with Crippen LogP contribution >= 0.6 is 0 Å². The summed E-state index contributed by atoms with van der Waals surface area (Å²) in [5, 5.41) is 9.46. The summed E-state index contributed by atoms with van der Waals surface area (Å²) in [6.45, 7) is 27.2. The number of likely N-dealkylation sites (tertiary alicyclic amines) is 2. The van der Waals surface area contributed by atoms with Crippen molar-refractivity contribution in [1.82, 2.24) is 29.7 Å². The van der Waals surface area contributed by atoms with E-state index in [-0.39, 0.29) is 36.8 Å². The molecular formula is C61H88N12O10. The van der Waals surface area contributed by atoms with Gasteiger partial charge < -0.3 is 59.4 Å². The Labute approximate surface area is 489 Å². The molecule has 3 saturated heterocycles. The highest BCUT2D eigenvalue weighted by atomic mass is 16.6. The first-order valence-corrected chi connectivity index (χ1v) is 29.5. The van der Waals surface area contributed by atoms with E-state index in [9.17, 15) is 28.8 Å². The highest BCUT2D eigenvalue weighted by molar-refractivity contribution is 5.98. The summed E-state index contributed by atoms with van der Waals surface area (Å²) in [5.41, 5.74) is 1.19. The van der Waals surface area contributed by atoms with Crippen LogP contribution < -0.4 is 40.1 Å². The van der Waals surface area contributed by atoms with Gasteiger partial charge in [0.1, 0.15) is 46.2 Å². The van der Waals surface area contributed by atoms with Crippen LogP contribution in [0.4, 0.5) is 44.5 Å². The number of nitrogens with one attached hydrogen (secondary N) is 3. The molecule has 3 fully saturated rings. The molecule has 2 atom stereocenters. The second-order valence-electron chi connectivity index (χ2n) is 22.8. The number of nitrogens with zero attached hydrogens (tertiary/aromatic N) is 9. The molecule has 3 aliphatic rings. The van der Waals surface area contributed by atoms with Crippen LogP contribution in [0.15, 0.2) is 60.9 Å². The Balaban J connectivity index is 0.000000267. The van der Waals surface area contributed by atoms with Gasteiger partial charge in [-0.25, -0.2) is 29.1 Å². The summed E-state index contributed by atoms with van der Waals surface area (Å²) in [7, 11) is 0. The smallest absolute Gasteiger partial charge is 0.415 e. The Morgan fingerprint density at radius 1 is 0.590 bits per heavy atom. The van der Waals surface area contributed by atoms with Gasteiger partial charge in [0.05, 0.1) is 12.4 Å². The van der Waals surface area contributed by atoms with E-state index in [1.807, 2.05) is 110 Å². The number of hydrogen-bond donors (Lipinski definition) is 3. The number of ether oxygens (including phenoxy) is 4. The van der Waals surface area contributed by atoms with Crippen LogP contribution in [0.2, 0.25) is 0 Å². The van der Waals surface area contributed by atoms with Gasteiger partial charge in [0, 0.05) is 84.6 Å². The molecule has 0 bridgehead atoms. The van der Waals surface area contributed by atoms with Crippen molar-refractivity contribution in [1.29, 1.82) is 0 Å². The fourth-order valence-electron chi connectivity index (χ4n) is 9.47. The molecule has 5 heterocycles. The predicted molar refractivity (Wildman–Crippen MR) is 321 cm³/mol. The number of anilines is 6. The molecule has 3 N–H and O–H groups in total. The summed E-state index contributed by atoms with van der Waals surface area (Å²) >= 11 is 0. The first kappa shape index (κ1) is 64.4. The van der Waals surface area contributed by atoms with Crippen molar-refractivity contribution >= 4 is 70.8 Å². The van der Waals surface area contributed by atoms with Gasteiger partial charge in [-0.2, -0.15) is 9.97 Å². The summed E-state index contributed by atoms with van der Waals surface area (Å²) < 4.78 is 22.6. The first-order chi connectivity index (χ1) is 39.6. The molecule has 4 amide bonds. The van der Waals surface area contributed by atoms with Gasteiger partial charge in [0.2, 0.25) is 23.7 Å². The van der Waals surface area contributed by atoms with Crippen LogP contribution in [0.25, 0.3) is 0 Å². The number of amides is 4. The number of aromatic nitrogens is 4. The monoisotopic (exact) mass is 1150 g/mol. The third kappa shape index (κ3) is 19.7. The van der Waals surface area contributed by atoms with E-state index in [1.165, 1.54) is 0 Å². The topological polar surface area (TPSA) is 243 Å². The lowest BCUT2D eigenvalue weighted by molar-refractivity contribution is -0.156. The van der Waals surface area contributed by atoms with Gasteiger partial charge in [-0.15, -0.1) is 0 Å². The highest BCUT2D eigenvalue weighted by Crippen LogP contribution is 2.32. The van der Waals surface area contributed by atoms with Gasteiger partial charge >= 0.3 is 24.1 Å². The number of benzene rings is 2. The normalized spacial score (nSPS) is 14.9. The number of rotatable bonds is 23. The van der Waals surface area contributed by atoms with E-state index in [4.69, 9.17) is 28.9 Å². The fraction of sp³-hybridized carbons (Fsp3) is 0.574. The summed E-state index contributed by atoms with van der Waals surface area (Å²) in [5.74, 6) is 1.58. The minimum atomic E-state index is -0.826. The third-order valence-electron chi connectivity index (χ3n) is 13.9. The summed E-state index contributed by atoms with van der Waals surface area (Å²) in [6, 6.07) is 12.6.